The molecule has 2 rings (SSSR count). The summed E-state index contributed by atoms with van der Waals surface area (Å²) in [5.41, 5.74) is 4.14. The van der Waals surface area contributed by atoms with E-state index in [9.17, 15) is 0 Å². The Labute approximate surface area is 98.7 Å². The first kappa shape index (κ1) is 11.5. The van der Waals surface area contributed by atoms with E-state index in [1.807, 2.05) is 0 Å². The van der Waals surface area contributed by atoms with E-state index in [4.69, 9.17) is 0 Å². The van der Waals surface area contributed by atoms with Gasteiger partial charge in [0.15, 0.2) is 0 Å². The maximum absolute atomic E-state index is 3.46. The number of hydrogen-bond acceptors (Lipinski definition) is 2. The average Bonchev–Trinajstić information content (AvgIpc) is 2.14. The molecule has 0 aromatic heterocycles. The Kier molecular flexibility index (Phi) is 3.83. The third kappa shape index (κ3) is 2.99. The van der Waals surface area contributed by atoms with E-state index in [2.05, 4.69) is 42.3 Å². The van der Waals surface area contributed by atoms with Crippen molar-refractivity contribution in [3.63, 3.8) is 0 Å². The Morgan fingerprint density at radius 1 is 0.938 bits per heavy atom. The van der Waals surface area contributed by atoms with Crippen molar-refractivity contribution in [2.75, 3.05) is 31.1 Å². The number of rotatable bonds is 1. The molecule has 1 aliphatic rings. The van der Waals surface area contributed by atoms with Gasteiger partial charge in [-0.05, 0) is 63.0 Å². The lowest BCUT2D eigenvalue weighted by atomic mass is 10.1. The summed E-state index contributed by atoms with van der Waals surface area (Å²) < 4.78 is 0. The van der Waals surface area contributed by atoms with Crippen molar-refractivity contribution in [2.45, 2.75) is 26.7 Å². The SMILES string of the molecule is Cc1cc(C)cc(N2CCCNCCC2)c1. The van der Waals surface area contributed by atoms with Crippen molar-refractivity contribution < 1.29 is 0 Å². The molecule has 16 heavy (non-hydrogen) atoms. The number of aryl methyl sites for hydroxylation is 2. The van der Waals surface area contributed by atoms with Gasteiger partial charge in [-0.1, -0.05) is 6.07 Å². The lowest BCUT2D eigenvalue weighted by molar-refractivity contribution is 0.567. The fourth-order valence-electron chi connectivity index (χ4n) is 2.42. The van der Waals surface area contributed by atoms with E-state index in [0.29, 0.717) is 0 Å². The van der Waals surface area contributed by atoms with E-state index >= 15 is 0 Å². The van der Waals surface area contributed by atoms with Gasteiger partial charge in [0.05, 0.1) is 0 Å². The van der Waals surface area contributed by atoms with Crippen molar-refractivity contribution in [3.05, 3.63) is 29.3 Å². The second kappa shape index (κ2) is 5.35. The summed E-state index contributed by atoms with van der Waals surface area (Å²) in [5, 5.41) is 3.46. The molecular weight excluding hydrogens is 196 g/mol. The van der Waals surface area contributed by atoms with Crippen molar-refractivity contribution in [1.82, 2.24) is 5.32 Å². The zero-order chi connectivity index (χ0) is 11.4. The monoisotopic (exact) mass is 218 g/mol. The summed E-state index contributed by atoms with van der Waals surface area (Å²) >= 11 is 0. The molecule has 0 amide bonds. The van der Waals surface area contributed by atoms with Gasteiger partial charge >= 0.3 is 0 Å². The molecule has 2 nitrogen and oxygen atoms in total. The van der Waals surface area contributed by atoms with Crippen molar-refractivity contribution in [3.8, 4) is 0 Å². The fourth-order valence-corrected chi connectivity index (χ4v) is 2.42. The summed E-state index contributed by atoms with van der Waals surface area (Å²) in [4.78, 5) is 2.53. The molecule has 1 fully saturated rings. The number of nitrogens with zero attached hydrogens (tertiary/aromatic N) is 1. The van der Waals surface area contributed by atoms with Crippen LogP contribution in [0.5, 0.6) is 0 Å². The van der Waals surface area contributed by atoms with Crippen LogP contribution in [0, 0.1) is 13.8 Å². The molecule has 0 spiro atoms. The Balaban J connectivity index is 2.13. The van der Waals surface area contributed by atoms with Crippen LogP contribution in [0.1, 0.15) is 24.0 Å². The highest BCUT2D eigenvalue weighted by Gasteiger charge is 2.09. The minimum Gasteiger partial charge on any atom is -0.371 e. The quantitative estimate of drug-likeness (QED) is 0.779. The first-order valence-corrected chi connectivity index (χ1v) is 6.30. The smallest absolute Gasteiger partial charge is 0.0371 e. The van der Waals surface area contributed by atoms with Gasteiger partial charge < -0.3 is 10.2 Å². The van der Waals surface area contributed by atoms with Crippen molar-refractivity contribution >= 4 is 5.69 Å². The first-order valence-electron chi connectivity index (χ1n) is 6.30. The Hall–Kier alpha value is -1.02. The molecule has 0 saturated carbocycles. The molecule has 2 heteroatoms. The summed E-state index contributed by atoms with van der Waals surface area (Å²) in [6, 6.07) is 6.86. The third-order valence-electron chi connectivity index (χ3n) is 3.13. The van der Waals surface area contributed by atoms with E-state index in [1.54, 1.807) is 0 Å². The van der Waals surface area contributed by atoms with Gasteiger partial charge in [-0.15, -0.1) is 0 Å². The minimum atomic E-state index is 1.15. The molecule has 0 atom stereocenters. The topological polar surface area (TPSA) is 15.3 Å². The molecule has 0 radical (unpaired) electrons. The predicted molar refractivity (Wildman–Crippen MR) is 70.2 cm³/mol. The largest absolute Gasteiger partial charge is 0.371 e. The molecule has 88 valence electrons. The summed E-state index contributed by atoms with van der Waals surface area (Å²) in [5.74, 6) is 0. The number of benzene rings is 1. The maximum Gasteiger partial charge on any atom is 0.0371 e. The highest BCUT2D eigenvalue weighted by molar-refractivity contribution is 5.50. The number of hydrogen-bond donors (Lipinski definition) is 1. The summed E-state index contributed by atoms with van der Waals surface area (Å²) in [6.45, 7) is 9.03. The molecule has 0 aliphatic carbocycles. The van der Waals surface area contributed by atoms with Crippen LogP contribution in [0.25, 0.3) is 0 Å². The zero-order valence-electron chi connectivity index (χ0n) is 10.4. The number of anilines is 1. The van der Waals surface area contributed by atoms with Crippen molar-refractivity contribution in [1.29, 1.82) is 0 Å². The predicted octanol–water partition coefficient (Wildman–Crippen LogP) is 2.49. The van der Waals surface area contributed by atoms with Gasteiger partial charge in [-0.2, -0.15) is 0 Å². The van der Waals surface area contributed by atoms with Gasteiger partial charge in [-0.25, -0.2) is 0 Å². The molecule has 0 unspecified atom stereocenters. The molecular formula is C14H22N2. The molecule has 1 aromatic carbocycles. The van der Waals surface area contributed by atoms with Gasteiger partial charge in [0.25, 0.3) is 0 Å². The van der Waals surface area contributed by atoms with Crippen LogP contribution in [-0.2, 0) is 0 Å². The second-order valence-corrected chi connectivity index (χ2v) is 4.79. The van der Waals surface area contributed by atoms with Gasteiger partial charge in [0.2, 0.25) is 0 Å². The third-order valence-corrected chi connectivity index (χ3v) is 3.13. The Morgan fingerprint density at radius 2 is 1.50 bits per heavy atom. The maximum atomic E-state index is 3.46. The lowest BCUT2D eigenvalue weighted by Crippen LogP contribution is -2.33. The summed E-state index contributed by atoms with van der Waals surface area (Å²) in [6.07, 6.45) is 2.49. The van der Waals surface area contributed by atoms with E-state index in [1.165, 1.54) is 42.7 Å². The van der Waals surface area contributed by atoms with Crippen LogP contribution in [0.15, 0.2) is 18.2 Å². The van der Waals surface area contributed by atoms with Crippen LogP contribution in [0.3, 0.4) is 0 Å². The molecule has 0 bridgehead atoms. The lowest BCUT2D eigenvalue weighted by Gasteiger charge is -2.27. The molecule has 1 N–H and O–H groups in total. The Bertz CT molecular complexity index is 318. The van der Waals surface area contributed by atoms with Gasteiger partial charge in [0.1, 0.15) is 0 Å². The van der Waals surface area contributed by atoms with E-state index in [-0.39, 0.29) is 0 Å². The van der Waals surface area contributed by atoms with Crippen molar-refractivity contribution in [2.24, 2.45) is 0 Å². The van der Waals surface area contributed by atoms with Crippen LogP contribution < -0.4 is 10.2 Å². The van der Waals surface area contributed by atoms with Gasteiger partial charge in [-0.3, -0.25) is 0 Å². The molecule has 1 saturated heterocycles. The minimum absolute atomic E-state index is 1.15. The standard InChI is InChI=1S/C14H22N2/c1-12-9-13(2)11-14(10-12)16-7-3-5-15-6-4-8-16/h9-11,15H,3-8H2,1-2H3. The van der Waals surface area contributed by atoms with Crippen LogP contribution in [0.4, 0.5) is 5.69 Å². The molecule has 1 heterocycles. The molecule has 1 aromatic rings. The number of nitrogens with one attached hydrogen (secondary N) is 1. The van der Waals surface area contributed by atoms with E-state index in [0.717, 1.165) is 13.1 Å². The highest BCUT2D eigenvalue weighted by atomic mass is 15.1. The Morgan fingerprint density at radius 3 is 2.06 bits per heavy atom. The van der Waals surface area contributed by atoms with Crippen LogP contribution in [0.2, 0.25) is 0 Å². The zero-order valence-corrected chi connectivity index (χ0v) is 10.4. The van der Waals surface area contributed by atoms with E-state index < -0.39 is 0 Å². The fraction of sp³-hybridized carbons (Fsp3) is 0.571. The van der Waals surface area contributed by atoms with Crippen LogP contribution in [-0.4, -0.2) is 26.2 Å². The molecule has 1 aliphatic heterocycles. The highest BCUT2D eigenvalue weighted by Crippen LogP contribution is 2.19. The summed E-state index contributed by atoms with van der Waals surface area (Å²) in [7, 11) is 0. The second-order valence-electron chi connectivity index (χ2n) is 4.79. The normalized spacial score (nSPS) is 18.0. The van der Waals surface area contributed by atoms with Crippen LogP contribution >= 0.6 is 0 Å². The first-order chi connectivity index (χ1) is 7.75. The van der Waals surface area contributed by atoms with Gasteiger partial charge in [0, 0.05) is 18.8 Å². The average molecular weight is 218 g/mol.